The van der Waals surface area contributed by atoms with E-state index in [9.17, 15) is 4.79 Å². The lowest BCUT2D eigenvalue weighted by atomic mass is 9.85. The highest BCUT2D eigenvalue weighted by atomic mass is 79.9. The van der Waals surface area contributed by atoms with Crippen LogP contribution in [0.2, 0.25) is 0 Å². The van der Waals surface area contributed by atoms with Crippen LogP contribution < -0.4 is 5.32 Å². The van der Waals surface area contributed by atoms with E-state index in [1.165, 1.54) is 0 Å². The topological polar surface area (TPSA) is 72.7 Å². The molecule has 5 rings (SSSR count). The molecule has 146 valence electrons. The second-order valence-corrected chi connectivity index (χ2v) is 8.88. The van der Waals surface area contributed by atoms with Crippen molar-refractivity contribution in [3.05, 3.63) is 75.7 Å². The SMILES string of the molecule is O=C1CCCC2=C1[C@H](c1cccc(Br)c1)n1nc(SCc3ccccn3)nc1N2. The number of Topliss-reactive ketones (excluding diaryl/α,β-unsaturated/α-hetero) is 1. The summed E-state index contributed by atoms with van der Waals surface area (Å²) < 4.78 is 2.83. The molecule has 1 N–H and O–H groups in total. The average molecular weight is 468 g/mol. The Kier molecular flexibility index (Phi) is 4.97. The van der Waals surface area contributed by atoms with Crippen LogP contribution in [0.1, 0.15) is 36.6 Å². The number of hydrogen-bond acceptors (Lipinski definition) is 6. The zero-order chi connectivity index (χ0) is 19.8. The summed E-state index contributed by atoms with van der Waals surface area (Å²) in [5.74, 6) is 1.57. The largest absolute Gasteiger partial charge is 0.328 e. The van der Waals surface area contributed by atoms with Crippen LogP contribution in [0, 0.1) is 0 Å². The molecule has 1 aromatic carbocycles. The molecule has 6 nitrogen and oxygen atoms in total. The van der Waals surface area contributed by atoms with E-state index in [4.69, 9.17) is 10.1 Å². The van der Waals surface area contributed by atoms with Crippen molar-refractivity contribution >= 4 is 39.4 Å². The van der Waals surface area contributed by atoms with Crippen molar-refractivity contribution in [3.8, 4) is 0 Å². The number of hydrogen-bond donors (Lipinski definition) is 1. The maximum Gasteiger partial charge on any atom is 0.227 e. The Morgan fingerprint density at radius 2 is 2.14 bits per heavy atom. The molecule has 0 spiro atoms. The van der Waals surface area contributed by atoms with Crippen LogP contribution in [0.5, 0.6) is 0 Å². The Balaban J connectivity index is 1.53. The molecular weight excluding hydrogens is 450 g/mol. The Morgan fingerprint density at radius 3 is 2.97 bits per heavy atom. The predicted octanol–water partition coefficient (Wildman–Crippen LogP) is 4.75. The Bertz CT molecular complexity index is 1110. The van der Waals surface area contributed by atoms with Crippen molar-refractivity contribution in [1.29, 1.82) is 0 Å². The molecular formula is C21H18BrN5OS. The van der Waals surface area contributed by atoms with Crippen molar-refractivity contribution in [2.45, 2.75) is 36.2 Å². The third kappa shape index (κ3) is 3.62. The minimum Gasteiger partial charge on any atom is -0.328 e. The normalized spacial score (nSPS) is 18.2. The molecule has 0 unspecified atom stereocenters. The number of fused-ring (bicyclic) bond motifs is 1. The summed E-state index contributed by atoms with van der Waals surface area (Å²) in [5.41, 5.74) is 3.80. The van der Waals surface area contributed by atoms with Gasteiger partial charge in [-0.2, -0.15) is 4.98 Å². The highest BCUT2D eigenvalue weighted by Gasteiger charge is 2.36. The monoisotopic (exact) mass is 467 g/mol. The van der Waals surface area contributed by atoms with Crippen LogP contribution in [0.25, 0.3) is 0 Å². The molecule has 0 saturated carbocycles. The zero-order valence-electron chi connectivity index (χ0n) is 15.5. The smallest absolute Gasteiger partial charge is 0.227 e. The van der Waals surface area contributed by atoms with Crippen LogP contribution in [-0.4, -0.2) is 25.5 Å². The van der Waals surface area contributed by atoms with Crippen molar-refractivity contribution in [3.63, 3.8) is 0 Å². The number of rotatable bonds is 4. The van der Waals surface area contributed by atoms with Crippen LogP contribution in [0.3, 0.4) is 0 Å². The summed E-state index contributed by atoms with van der Waals surface area (Å²) >= 11 is 5.10. The third-order valence-corrected chi connectivity index (χ3v) is 6.45. The molecule has 1 aliphatic heterocycles. The number of halogens is 1. The van der Waals surface area contributed by atoms with Gasteiger partial charge in [0.05, 0.1) is 5.69 Å². The number of anilines is 1. The molecule has 3 aromatic rings. The first kappa shape index (κ1) is 18.6. The van der Waals surface area contributed by atoms with Crippen molar-refractivity contribution in [2.24, 2.45) is 0 Å². The van der Waals surface area contributed by atoms with E-state index < -0.39 is 0 Å². The van der Waals surface area contributed by atoms with E-state index in [2.05, 4.69) is 32.3 Å². The van der Waals surface area contributed by atoms with Crippen LogP contribution >= 0.6 is 27.7 Å². The number of nitrogens with zero attached hydrogens (tertiary/aromatic N) is 4. The lowest BCUT2D eigenvalue weighted by Crippen LogP contribution is -2.31. The summed E-state index contributed by atoms with van der Waals surface area (Å²) in [6, 6.07) is 13.7. The van der Waals surface area contributed by atoms with Gasteiger partial charge in [-0.25, -0.2) is 4.68 Å². The van der Waals surface area contributed by atoms with Gasteiger partial charge in [-0.05, 0) is 42.7 Å². The molecule has 0 saturated heterocycles. The number of carbonyl (C=O) groups is 1. The number of pyridine rings is 1. The number of nitrogens with one attached hydrogen (secondary N) is 1. The summed E-state index contributed by atoms with van der Waals surface area (Å²) in [5, 5.41) is 8.80. The fraction of sp³-hybridized carbons (Fsp3) is 0.238. The quantitative estimate of drug-likeness (QED) is 0.558. The van der Waals surface area contributed by atoms with Gasteiger partial charge in [0.2, 0.25) is 11.1 Å². The number of benzene rings is 1. The number of carbonyl (C=O) groups excluding carboxylic acids is 1. The number of aromatic nitrogens is 4. The average Bonchev–Trinajstić information content (AvgIpc) is 3.14. The van der Waals surface area contributed by atoms with Crippen molar-refractivity contribution < 1.29 is 4.79 Å². The van der Waals surface area contributed by atoms with Gasteiger partial charge in [0, 0.05) is 34.1 Å². The Morgan fingerprint density at radius 1 is 1.21 bits per heavy atom. The number of allylic oxidation sites excluding steroid dienone is 2. The maximum absolute atomic E-state index is 12.8. The molecule has 0 radical (unpaired) electrons. The van der Waals surface area contributed by atoms with Gasteiger partial charge >= 0.3 is 0 Å². The summed E-state index contributed by atoms with van der Waals surface area (Å²) in [6.45, 7) is 0. The van der Waals surface area contributed by atoms with Crippen LogP contribution in [0.15, 0.2) is 69.6 Å². The maximum atomic E-state index is 12.8. The lowest BCUT2D eigenvalue weighted by Gasteiger charge is -2.32. The van der Waals surface area contributed by atoms with Crippen molar-refractivity contribution in [1.82, 2.24) is 19.7 Å². The predicted molar refractivity (Wildman–Crippen MR) is 116 cm³/mol. The highest BCUT2D eigenvalue weighted by Crippen LogP contribution is 2.41. The second kappa shape index (κ2) is 7.76. The van der Waals surface area contributed by atoms with Gasteiger partial charge in [-0.3, -0.25) is 9.78 Å². The Labute approximate surface area is 181 Å². The molecule has 29 heavy (non-hydrogen) atoms. The molecule has 2 aromatic heterocycles. The number of thioether (sulfide) groups is 1. The summed E-state index contributed by atoms with van der Waals surface area (Å²) in [4.78, 5) is 21.9. The summed E-state index contributed by atoms with van der Waals surface area (Å²) in [6.07, 6.45) is 4.09. The Hall–Kier alpha value is -2.45. The fourth-order valence-electron chi connectivity index (χ4n) is 3.80. The van der Waals surface area contributed by atoms with E-state index in [0.717, 1.165) is 39.8 Å². The highest BCUT2D eigenvalue weighted by molar-refractivity contribution is 9.10. The second-order valence-electron chi connectivity index (χ2n) is 7.02. The van der Waals surface area contributed by atoms with E-state index in [-0.39, 0.29) is 11.8 Å². The van der Waals surface area contributed by atoms with Crippen LogP contribution in [-0.2, 0) is 10.5 Å². The van der Waals surface area contributed by atoms with E-state index in [1.54, 1.807) is 18.0 Å². The molecule has 8 heteroatoms. The number of ketones is 1. The molecule has 2 aliphatic rings. The van der Waals surface area contributed by atoms with Crippen LogP contribution in [0.4, 0.5) is 5.95 Å². The van der Waals surface area contributed by atoms with E-state index >= 15 is 0 Å². The lowest BCUT2D eigenvalue weighted by molar-refractivity contribution is -0.116. The molecule has 1 atom stereocenters. The third-order valence-electron chi connectivity index (χ3n) is 5.09. The molecule has 3 heterocycles. The molecule has 0 bridgehead atoms. The molecule has 0 amide bonds. The van der Waals surface area contributed by atoms with E-state index in [1.807, 2.05) is 41.1 Å². The molecule has 1 aliphatic carbocycles. The van der Waals surface area contributed by atoms with Gasteiger partial charge < -0.3 is 5.32 Å². The van der Waals surface area contributed by atoms with Gasteiger partial charge in [0.25, 0.3) is 0 Å². The summed E-state index contributed by atoms with van der Waals surface area (Å²) in [7, 11) is 0. The van der Waals surface area contributed by atoms with Gasteiger partial charge in [0.15, 0.2) is 5.78 Å². The van der Waals surface area contributed by atoms with E-state index in [0.29, 0.717) is 23.3 Å². The molecule has 0 fully saturated rings. The van der Waals surface area contributed by atoms with Gasteiger partial charge in [-0.1, -0.05) is 45.9 Å². The minimum absolute atomic E-state index is 0.188. The first-order chi connectivity index (χ1) is 14.2. The first-order valence-corrected chi connectivity index (χ1v) is 11.2. The van der Waals surface area contributed by atoms with Gasteiger partial charge in [0.1, 0.15) is 6.04 Å². The zero-order valence-corrected chi connectivity index (χ0v) is 17.9. The fourth-order valence-corrected chi connectivity index (χ4v) is 4.97. The van der Waals surface area contributed by atoms with Crippen molar-refractivity contribution in [2.75, 3.05) is 5.32 Å². The first-order valence-electron chi connectivity index (χ1n) is 9.47. The standard InChI is InChI=1S/C21H18BrN5OS/c22-14-6-3-5-13(11-14)19-18-16(8-4-9-17(18)28)24-20-25-21(26-27(19)20)29-12-15-7-1-2-10-23-15/h1-3,5-7,10-11,19H,4,8-9,12H2,(H,24,25,26)/t19-/m0/s1. The van der Waals surface area contributed by atoms with Gasteiger partial charge in [-0.15, -0.1) is 5.10 Å². The minimum atomic E-state index is -0.261.